The van der Waals surface area contributed by atoms with Crippen LogP contribution in [0.4, 0.5) is 0 Å². The van der Waals surface area contributed by atoms with Crippen molar-refractivity contribution in [3.63, 3.8) is 0 Å². The van der Waals surface area contributed by atoms with Gasteiger partial charge in [-0.05, 0) is 19.3 Å². The normalized spacial score (nSPS) is 22.8. The molecular weight excluding hydrogens is 222 g/mol. The van der Waals surface area contributed by atoms with E-state index in [0.717, 1.165) is 19.3 Å². The van der Waals surface area contributed by atoms with Crippen molar-refractivity contribution in [2.24, 2.45) is 5.92 Å². The van der Waals surface area contributed by atoms with Gasteiger partial charge in [0.2, 0.25) is 5.91 Å². The van der Waals surface area contributed by atoms with Crippen molar-refractivity contribution in [1.82, 2.24) is 4.90 Å². The molecule has 0 spiro atoms. The Morgan fingerprint density at radius 2 is 2.06 bits per heavy atom. The minimum atomic E-state index is -0.783. The van der Waals surface area contributed by atoms with Crippen molar-refractivity contribution >= 4 is 11.9 Å². The number of hydrogen-bond acceptors (Lipinski definition) is 3. The van der Waals surface area contributed by atoms with Gasteiger partial charge in [0, 0.05) is 26.1 Å². The molecule has 1 amide bonds. The number of carbonyl (C=O) groups excluding carboxylic acids is 1. The summed E-state index contributed by atoms with van der Waals surface area (Å²) in [7, 11) is 1.66. The summed E-state index contributed by atoms with van der Waals surface area (Å²) in [5, 5.41) is 8.62. The number of carbonyl (C=O) groups is 2. The maximum atomic E-state index is 11.9. The Bertz CT molecular complexity index is 313. The van der Waals surface area contributed by atoms with Gasteiger partial charge in [-0.15, -0.1) is 0 Å². The average Bonchev–Trinajstić information content (AvgIpc) is 2.16. The van der Waals surface area contributed by atoms with E-state index < -0.39 is 5.97 Å². The number of carboxylic acids is 1. The lowest BCUT2D eigenvalue weighted by Crippen LogP contribution is -2.53. The largest absolute Gasteiger partial charge is 0.481 e. The van der Waals surface area contributed by atoms with Crippen LogP contribution in [0, 0.1) is 5.92 Å². The molecule has 5 heteroatoms. The van der Waals surface area contributed by atoms with Gasteiger partial charge in [0.05, 0.1) is 18.4 Å². The van der Waals surface area contributed by atoms with Gasteiger partial charge in [-0.25, -0.2) is 0 Å². The zero-order chi connectivity index (χ0) is 12.5. The second kappa shape index (κ2) is 4.64. The van der Waals surface area contributed by atoms with Crippen LogP contribution in [-0.2, 0) is 14.3 Å². The third kappa shape index (κ3) is 2.60. The molecular formula is C12H19NO4. The van der Waals surface area contributed by atoms with E-state index in [1.165, 1.54) is 0 Å². The lowest BCUT2D eigenvalue weighted by atomic mass is 9.77. The predicted molar refractivity (Wildman–Crippen MR) is 60.5 cm³/mol. The Morgan fingerprint density at radius 1 is 1.41 bits per heavy atom. The molecule has 1 aliphatic carbocycles. The third-order valence-corrected chi connectivity index (χ3v) is 3.94. The lowest BCUT2D eigenvalue weighted by molar-refractivity contribution is -0.153. The Morgan fingerprint density at radius 3 is 2.47 bits per heavy atom. The number of amides is 1. The van der Waals surface area contributed by atoms with E-state index in [9.17, 15) is 9.59 Å². The quantitative estimate of drug-likeness (QED) is 0.776. The topological polar surface area (TPSA) is 66.8 Å². The first-order valence-electron chi connectivity index (χ1n) is 6.09. The van der Waals surface area contributed by atoms with E-state index in [1.54, 1.807) is 12.0 Å². The number of ether oxygens (including phenoxy) is 1. The molecule has 1 N–H and O–H groups in total. The molecule has 0 aromatic carbocycles. The van der Waals surface area contributed by atoms with Gasteiger partial charge in [-0.2, -0.15) is 0 Å². The van der Waals surface area contributed by atoms with E-state index in [4.69, 9.17) is 9.84 Å². The minimum absolute atomic E-state index is 0.105. The highest BCUT2D eigenvalue weighted by Crippen LogP contribution is 2.39. The van der Waals surface area contributed by atoms with E-state index in [2.05, 4.69) is 0 Å². The second-order valence-electron chi connectivity index (χ2n) is 5.18. The first-order valence-corrected chi connectivity index (χ1v) is 6.09. The number of aliphatic carboxylic acids is 1. The van der Waals surface area contributed by atoms with Crippen LogP contribution >= 0.6 is 0 Å². The molecule has 0 unspecified atom stereocenters. The molecule has 0 aromatic rings. The maximum absolute atomic E-state index is 11.9. The number of carboxylic acid groups (broad SMARTS) is 1. The minimum Gasteiger partial charge on any atom is -0.481 e. The maximum Gasteiger partial charge on any atom is 0.303 e. The van der Waals surface area contributed by atoms with Gasteiger partial charge in [0.1, 0.15) is 0 Å². The Labute approximate surface area is 101 Å². The molecule has 1 aliphatic heterocycles. The average molecular weight is 241 g/mol. The van der Waals surface area contributed by atoms with Gasteiger partial charge in [0.15, 0.2) is 0 Å². The molecule has 1 heterocycles. The second-order valence-corrected chi connectivity index (χ2v) is 5.18. The predicted octanol–water partition coefficient (Wildman–Crippen LogP) is 0.879. The third-order valence-electron chi connectivity index (χ3n) is 3.94. The van der Waals surface area contributed by atoms with Crippen molar-refractivity contribution < 1.29 is 19.4 Å². The molecule has 0 radical (unpaired) electrons. The highest BCUT2D eigenvalue weighted by atomic mass is 16.5. The van der Waals surface area contributed by atoms with Crippen molar-refractivity contribution in [2.45, 2.75) is 37.7 Å². The molecule has 96 valence electrons. The van der Waals surface area contributed by atoms with Crippen molar-refractivity contribution in [3.05, 3.63) is 0 Å². The van der Waals surface area contributed by atoms with Crippen LogP contribution in [0.2, 0.25) is 0 Å². The van der Waals surface area contributed by atoms with Gasteiger partial charge in [-0.3, -0.25) is 9.59 Å². The highest BCUT2D eigenvalue weighted by molar-refractivity contribution is 5.78. The molecule has 1 saturated carbocycles. The number of nitrogens with zero attached hydrogens (tertiary/aromatic N) is 1. The first-order chi connectivity index (χ1) is 8.04. The molecule has 0 aromatic heterocycles. The number of methoxy groups -OCH3 is 1. The van der Waals surface area contributed by atoms with Crippen LogP contribution in [0.5, 0.6) is 0 Å². The highest BCUT2D eigenvalue weighted by Gasteiger charge is 2.42. The molecule has 0 bridgehead atoms. The van der Waals surface area contributed by atoms with Crippen LogP contribution in [0.1, 0.15) is 32.1 Å². The van der Waals surface area contributed by atoms with E-state index in [1.807, 2.05) is 0 Å². The number of likely N-dealkylation sites (tertiary alicyclic amines) is 1. The fraction of sp³-hybridized carbons (Fsp3) is 0.833. The molecule has 0 atom stereocenters. The van der Waals surface area contributed by atoms with Crippen LogP contribution in [0.25, 0.3) is 0 Å². The van der Waals surface area contributed by atoms with Gasteiger partial charge in [0.25, 0.3) is 0 Å². The smallest absolute Gasteiger partial charge is 0.303 e. The van der Waals surface area contributed by atoms with E-state index >= 15 is 0 Å². The fourth-order valence-electron chi connectivity index (χ4n) is 2.56. The zero-order valence-electron chi connectivity index (χ0n) is 10.1. The Kier molecular flexibility index (Phi) is 3.38. The molecule has 2 rings (SSSR count). The number of rotatable bonds is 5. The molecule has 1 saturated heterocycles. The van der Waals surface area contributed by atoms with Crippen molar-refractivity contribution in [2.75, 3.05) is 20.2 Å². The van der Waals surface area contributed by atoms with Crippen molar-refractivity contribution in [1.29, 1.82) is 0 Å². The fourth-order valence-corrected chi connectivity index (χ4v) is 2.56. The standard InChI is InChI=1S/C12H19NO4/c1-17-12(3-2-4-12)6-10(14)13-7-9(8-13)5-11(15)16/h9H,2-8H2,1H3,(H,15,16). The van der Waals surface area contributed by atoms with Crippen LogP contribution < -0.4 is 0 Å². The van der Waals surface area contributed by atoms with Crippen LogP contribution in [-0.4, -0.2) is 47.7 Å². The summed E-state index contributed by atoms with van der Waals surface area (Å²) in [5.74, 6) is -0.543. The lowest BCUT2D eigenvalue weighted by Gasteiger charge is -2.44. The summed E-state index contributed by atoms with van der Waals surface area (Å²) in [5.41, 5.74) is -0.227. The van der Waals surface area contributed by atoms with Crippen LogP contribution in [0.15, 0.2) is 0 Å². The summed E-state index contributed by atoms with van der Waals surface area (Å²) in [6.45, 7) is 1.18. The molecule has 2 aliphatic rings. The summed E-state index contributed by atoms with van der Waals surface area (Å²) in [6.07, 6.45) is 3.66. The Hall–Kier alpha value is -1.10. The molecule has 17 heavy (non-hydrogen) atoms. The van der Waals surface area contributed by atoms with Crippen LogP contribution in [0.3, 0.4) is 0 Å². The summed E-state index contributed by atoms with van der Waals surface area (Å²) in [6, 6.07) is 0. The van der Waals surface area contributed by atoms with E-state index in [-0.39, 0.29) is 23.8 Å². The van der Waals surface area contributed by atoms with E-state index in [0.29, 0.717) is 19.5 Å². The summed E-state index contributed by atoms with van der Waals surface area (Å²) in [4.78, 5) is 24.2. The molecule has 2 fully saturated rings. The van der Waals surface area contributed by atoms with Gasteiger partial charge >= 0.3 is 5.97 Å². The first kappa shape index (κ1) is 12.4. The summed E-state index contributed by atoms with van der Waals surface area (Å²) < 4.78 is 5.41. The van der Waals surface area contributed by atoms with Crippen molar-refractivity contribution in [3.8, 4) is 0 Å². The monoisotopic (exact) mass is 241 g/mol. The number of hydrogen-bond donors (Lipinski definition) is 1. The van der Waals surface area contributed by atoms with Gasteiger partial charge in [-0.1, -0.05) is 0 Å². The zero-order valence-corrected chi connectivity index (χ0v) is 10.1. The van der Waals surface area contributed by atoms with Gasteiger partial charge < -0.3 is 14.7 Å². The summed E-state index contributed by atoms with van der Waals surface area (Å²) >= 11 is 0. The molecule has 5 nitrogen and oxygen atoms in total. The Balaban J connectivity index is 1.74. The SMILES string of the molecule is COC1(CC(=O)N2CC(CC(=O)O)C2)CCC1.